The average molecular weight is 409 g/mol. The van der Waals surface area contributed by atoms with Gasteiger partial charge in [0.1, 0.15) is 0 Å². The van der Waals surface area contributed by atoms with Crippen molar-refractivity contribution in [3.05, 3.63) is 34.9 Å². The highest BCUT2D eigenvalue weighted by atomic mass is 35.5. The molecular formula is C21H33ClN4O2. The molecule has 1 amide bonds. The zero-order chi connectivity index (χ0) is 20.8. The lowest BCUT2D eigenvalue weighted by Crippen LogP contribution is -2.51. The van der Waals surface area contributed by atoms with Crippen LogP contribution in [0.25, 0.3) is 0 Å². The molecule has 156 valence electrons. The van der Waals surface area contributed by atoms with E-state index < -0.39 is 0 Å². The second-order valence-corrected chi connectivity index (χ2v) is 8.83. The molecule has 7 heteroatoms. The van der Waals surface area contributed by atoms with Crippen molar-refractivity contribution in [1.82, 2.24) is 15.5 Å². The molecule has 0 unspecified atom stereocenters. The minimum absolute atomic E-state index is 0.0372. The lowest BCUT2D eigenvalue weighted by molar-refractivity contribution is -0.122. The molecule has 0 bridgehead atoms. The molecule has 1 aromatic carbocycles. The summed E-state index contributed by atoms with van der Waals surface area (Å²) in [5.74, 6) is 0.645. The number of nitrogens with one attached hydrogen (secondary N) is 2. The zero-order valence-electron chi connectivity index (χ0n) is 17.6. The summed E-state index contributed by atoms with van der Waals surface area (Å²) >= 11 is 6.53. The molecule has 0 aromatic heterocycles. The molecule has 6 nitrogen and oxygen atoms in total. The number of hydrogen-bond donors (Lipinski definition) is 2. The molecule has 1 fully saturated rings. The smallest absolute Gasteiger partial charge is 0.240 e. The molecule has 1 aromatic rings. The fraction of sp³-hybridized carbons (Fsp3) is 0.619. The molecule has 1 heterocycles. The van der Waals surface area contributed by atoms with Crippen LogP contribution in [0.5, 0.6) is 0 Å². The number of guanidine groups is 1. The van der Waals surface area contributed by atoms with Crippen LogP contribution in [0.3, 0.4) is 0 Å². The van der Waals surface area contributed by atoms with Gasteiger partial charge in [-0.3, -0.25) is 9.79 Å². The zero-order valence-corrected chi connectivity index (χ0v) is 18.4. The number of benzene rings is 1. The summed E-state index contributed by atoms with van der Waals surface area (Å²) in [6, 6.07) is 8.01. The number of aliphatic imine (C=N–C) groups is 1. The normalized spacial score (nSPS) is 17.1. The molecule has 2 rings (SSSR count). The van der Waals surface area contributed by atoms with Crippen LogP contribution in [0.2, 0.25) is 5.02 Å². The van der Waals surface area contributed by atoms with Crippen LogP contribution < -0.4 is 10.6 Å². The van der Waals surface area contributed by atoms with Gasteiger partial charge in [0.15, 0.2) is 5.96 Å². The van der Waals surface area contributed by atoms with Crippen LogP contribution in [0.4, 0.5) is 0 Å². The minimum atomic E-state index is -0.259. The fourth-order valence-electron chi connectivity index (χ4n) is 3.58. The molecule has 0 saturated carbocycles. The van der Waals surface area contributed by atoms with E-state index in [0.717, 1.165) is 23.4 Å². The standard InChI is InChI=1S/C21H33ClN4O2/c1-20(2,3)25-18(27)14-26(5)19(23-4)24-15-21(10-12-28-13-11-21)16-8-6-7-9-17(16)22/h6-9H,10-15H2,1-5H3,(H,23,24)(H,25,27). The Bertz CT molecular complexity index is 694. The minimum Gasteiger partial charge on any atom is -0.381 e. The van der Waals surface area contributed by atoms with Crippen molar-refractivity contribution in [2.24, 2.45) is 4.99 Å². The van der Waals surface area contributed by atoms with Gasteiger partial charge in [0.05, 0.1) is 6.54 Å². The monoisotopic (exact) mass is 408 g/mol. The van der Waals surface area contributed by atoms with E-state index in [1.54, 1.807) is 7.05 Å². The predicted molar refractivity (Wildman–Crippen MR) is 115 cm³/mol. The van der Waals surface area contributed by atoms with E-state index in [-0.39, 0.29) is 23.4 Å². The van der Waals surface area contributed by atoms with Crippen LogP contribution in [0.15, 0.2) is 29.3 Å². The summed E-state index contributed by atoms with van der Waals surface area (Å²) in [4.78, 5) is 18.4. The predicted octanol–water partition coefficient (Wildman–Crippen LogP) is 2.81. The molecule has 1 aliphatic heterocycles. The Balaban J connectivity index is 2.09. The van der Waals surface area contributed by atoms with Crippen molar-refractivity contribution in [3.63, 3.8) is 0 Å². The Morgan fingerprint density at radius 2 is 1.93 bits per heavy atom. The van der Waals surface area contributed by atoms with E-state index >= 15 is 0 Å². The fourth-order valence-corrected chi connectivity index (χ4v) is 3.91. The van der Waals surface area contributed by atoms with Gasteiger partial charge < -0.3 is 20.3 Å². The number of carbonyl (C=O) groups is 1. The SMILES string of the molecule is CN=C(NCC1(c2ccccc2Cl)CCOCC1)N(C)CC(=O)NC(C)(C)C. The molecule has 0 atom stereocenters. The van der Waals surface area contributed by atoms with E-state index in [1.165, 1.54) is 0 Å². The summed E-state index contributed by atoms with van der Waals surface area (Å²) in [6.45, 7) is 8.23. The Hall–Kier alpha value is -1.79. The van der Waals surface area contributed by atoms with Crippen LogP contribution in [0.1, 0.15) is 39.2 Å². The van der Waals surface area contributed by atoms with Crippen LogP contribution in [-0.4, -0.2) is 62.7 Å². The largest absolute Gasteiger partial charge is 0.381 e. The van der Waals surface area contributed by atoms with Gasteiger partial charge in [0, 0.05) is 49.8 Å². The first-order chi connectivity index (χ1) is 13.2. The highest BCUT2D eigenvalue weighted by molar-refractivity contribution is 6.31. The number of halogens is 1. The average Bonchev–Trinajstić information content (AvgIpc) is 2.61. The Morgan fingerprint density at radius 3 is 2.50 bits per heavy atom. The lowest BCUT2D eigenvalue weighted by atomic mass is 9.74. The molecule has 2 N–H and O–H groups in total. The highest BCUT2D eigenvalue weighted by Crippen LogP contribution is 2.38. The molecule has 0 spiro atoms. The lowest BCUT2D eigenvalue weighted by Gasteiger charge is -2.39. The Kier molecular flexibility index (Phi) is 7.72. The number of rotatable bonds is 5. The maximum atomic E-state index is 12.3. The van der Waals surface area contributed by atoms with E-state index in [2.05, 4.69) is 21.7 Å². The summed E-state index contributed by atoms with van der Waals surface area (Å²) in [5.41, 5.74) is 0.752. The Morgan fingerprint density at radius 1 is 1.29 bits per heavy atom. The second-order valence-electron chi connectivity index (χ2n) is 8.43. The summed E-state index contributed by atoms with van der Waals surface area (Å²) in [6.07, 6.45) is 1.77. The maximum absolute atomic E-state index is 12.3. The number of nitrogens with zero attached hydrogens (tertiary/aromatic N) is 2. The maximum Gasteiger partial charge on any atom is 0.240 e. The first kappa shape index (κ1) is 22.5. The van der Waals surface area contributed by atoms with E-state index in [4.69, 9.17) is 16.3 Å². The second kappa shape index (κ2) is 9.61. The summed E-state index contributed by atoms with van der Waals surface area (Å²) in [5, 5.41) is 7.21. The molecular weight excluding hydrogens is 376 g/mol. The van der Waals surface area contributed by atoms with Crippen LogP contribution in [0, 0.1) is 0 Å². The number of hydrogen-bond acceptors (Lipinski definition) is 3. The van der Waals surface area contributed by atoms with Crippen LogP contribution >= 0.6 is 11.6 Å². The molecule has 1 aliphatic rings. The number of carbonyl (C=O) groups excluding carboxylic acids is 1. The molecule has 28 heavy (non-hydrogen) atoms. The molecule has 0 aliphatic carbocycles. The van der Waals surface area contributed by atoms with Crippen LogP contribution in [-0.2, 0) is 14.9 Å². The first-order valence-corrected chi connectivity index (χ1v) is 10.1. The van der Waals surface area contributed by atoms with Gasteiger partial charge in [-0.2, -0.15) is 0 Å². The number of ether oxygens (including phenoxy) is 1. The topological polar surface area (TPSA) is 66.0 Å². The van der Waals surface area contributed by atoms with Crippen molar-refractivity contribution in [1.29, 1.82) is 0 Å². The third-order valence-electron chi connectivity index (χ3n) is 4.95. The van der Waals surface area contributed by atoms with E-state index in [1.807, 2.05) is 50.9 Å². The third-order valence-corrected chi connectivity index (χ3v) is 5.28. The first-order valence-electron chi connectivity index (χ1n) is 9.72. The molecule has 1 saturated heterocycles. The molecule has 0 radical (unpaired) electrons. The van der Waals surface area contributed by atoms with Gasteiger partial charge in [-0.15, -0.1) is 0 Å². The van der Waals surface area contributed by atoms with E-state index in [0.29, 0.717) is 25.7 Å². The van der Waals surface area contributed by atoms with Gasteiger partial charge >= 0.3 is 0 Å². The van der Waals surface area contributed by atoms with Crippen molar-refractivity contribution in [3.8, 4) is 0 Å². The quantitative estimate of drug-likeness (QED) is 0.580. The Labute approximate surface area is 173 Å². The van der Waals surface area contributed by atoms with Crippen molar-refractivity contribution >= 4 is 23.5 Å². The van der Waals surface area contributed by atoms with Crippen molar-refractivity contribution < 1.29 is 9.53 Å². The highest BCUT2D eigenvalue weighted by Gasteiger charge is 2.36. The van der Waals surface area contributed by atoms with Gasteiger partial charge in [0.2, 0.25) is 5.91 Å². The number of likely N-dealkylation sites (N-methyl/N-ethyl adjacent to an activating group) is 1. The van der Waals surface area contributed by atoms with E-state index in [9.17, 15) is 4.79 Å². The van der Waals surface area contributed by atoms with Gasteiger partial charge in [-0.25, -0.2) is 0 Å². The van der Waals surface area contributed by atoms with Crippen molar-refractivity contribution in [2.75, 3.05) is 40.4 Å². The summed E-state index contributed by atoms with van der Waals surface area (Å²) < 4.78 is 5.60. The third kappa shape index (κ3) is 6.11. The summed E-state index contributed by atoms with van der Waals surface area (Å²) in [7, 11) is 3.59. The van der Waals surface area contributed by atoms with Gasteiger partial charge in [-0.1, -0.05) is 29.8 Å². The van der Waals surface area contributed by atoms with Crippen molar-refractivity contribution in [2.45, 2.75) is 44.6 Å². The van der Waals surface area contributed by atoms with Gasteiger partial charge in [0.25, 0.3) is 0 Å². The number of amides is 1. The van der Waals surface area contributed by atoms with Gasteiger partial charge in [-0.05, 0) is 45.2 Å².